The third-order valence-corrected chi connectivity index (χ3v) is 6.08. The van der Waals surface area contributed by atoms with Crippen molar-refractivity contribution < 1.29 is 22.0 Å². The third-order valence-electron chi connectivity index (χ3n) is 4.49. The van der Waals surface area contributed by atoms with Crippen molar-refractivity contribution in [2.45, 2.75) is 25.4 Å². The standard InChI is InChI=1S/C16H19F2N5O3S/c1-9-11(8-22(2)20-9)14-7-15(23(3)27(25,26)21-14)16(24)19-13-5-4-10(17)6-12(13)18/h4-6,8,14-15,21H,7H2,1-3H3,(H,19,24). The van der Waals surface area contributed by atoms with E-state index in [4.69, 9.17) is 0 Å². The average Bonchev–Trinajstić information content (AvgIpc) is 2.91. The van der Waals surface area contributed by atoms with Gasteiger partial charge in [0.2, 0.25) is 5.91 Å². The van der Waals surface area contributed by atoms with Gasteiger partial charge < -0.3 is 5.32 Å². The molecule has 2 aromatic rings. The summed E-state index contributed by atoms with van der Waals surface area (Å²) in [6.45, 7) is 1.74. The second-order valence-electron chi connectivity index (χ2n) is 6.40. The predicted molar refractivity (Wildman–Crippen MR) is 93.9 cm³/mol. The molecule has 8 nitrogen and oxygen atoms in total. The number of benzene rings is 1. The Kier molecular flexibility index (Phi) is 5.02. The van der Waals surface area contributed by atoms with Gasteiger partial charge in [0.05, 0.1) is 17.4 Å². The van der Waals surface area contributed by atoms with Crippen molar-refractivity contribution in [3.8, 4) is 0 Å². The fourth-order valence-electron chi connectivity index (χ4n) is 3.08. The van der Waals surface area contributed by atoms with Crippen molar-refractivity contribution >= 4 is 21.8 Å². The van der Waals surface area contributed by atoms with E-state index >= 15 is 0 Å². The monoisotopic (exact) mass is 399 g/mol. The summed E-state index contributed by atoms with van der Waals surface area (Å²) in [5.74, 6) is -2.43. The molecular formula is C16H19F2N5O3S. The average molecular weight is 399 g/mol. The largest absolute Gasteiger partial charge is 0.322 e. The summed E-state index contributed by atoms with van der Waals surface area (Å²) in [4.78, 5) is 12.6. The number of amides is 1. The molecule has 1 aliphatic heterocycles. The number of nitrogens with one attached hydrogen (secondary N) is 2. The number of likely N-dealkylation sites (N-methyl/N-ethyl adjacent to an activating group) is 1. The number of anilines is 1. The molecule has 1 fully saturated rings. The highest BCUT2D eigenvalue weighted by Gasteiger charge is 2.41. The third kappa shape index (κ3) is 3.84. The molecule has 1 saturated heterocycles. The number of hydrogen-bond acceptors (Lipinski definition) is 4. The van der Waals surface area contributed by atoms with E-state index < -0.39 is 39.8 Å². The number of rotatable bonds is 3. The quantitative estimate of drug-likeness (QED) is 0.811. The van der Waals surface area contributed by atoms with Crippen molar-refractivity contribution in [1.29, 1.82) is 0 Å². The minimum atomic E-state index is -3.94. The van der Waals surface area contributed by atoms with Crippen LogP contribution in [0, 0.1) is 18.6 Å². The van der Waals surface area contributed by atoms with E-state index in [0.717, 1.165) is 16.4 Å². The molecule has 1 aromatic carbocycles. The molecule has 1 aromatic heterocycles. The summed E-state index contributed by atoms with van der Waals surface area (Å²) in [5, 5.41) is 6.52. The molecule has 2 unspecified atom stereocenters. The van der Waals surface area contributed by atoms with Crippen LogP contribution in [0.2, 0.25) is 0 Å². The van der Waals surface area contributed by atoms with Gasteiger partial charge in [0, 0.05) is 31.9 Å². The van der Waals surface area contributed by atoms with E-state index in [1.165, 1.54) is 7.05 Å². The highest BCUT2D eigenvalue weighted by molar-refractivity contribution is 7.87. The highest BCUT2D eigenvalue weighted by Crippen LogP contribution is 2.30. The lowest BCUT2D eigenvalue weighted by atomic mass is 10.00. The molecule has 2 heterocycles. The molecule has 27 heavy (non-hydrogen) atoms. The van der Waals surface area contributed by atoms with Gasteiger partial charge in [-0.15, -0.1) is 0 Å². The maximum Gasteiger partial charge on any atom is 0.280 e. The van der Waals surface area contributed by atoms with E-state index in [1.807, 2.05) is 0 Å². The SMILES string of the molecule is Cc1nn(C)cc1C1CC(C(=O)Nc2ccc(F)cc2F)N(C)S(=O)(=O)N1. The Balaban J connectivity index is 1.88. The summed E-state index contributed by atoms with van der Waals surface area (Å²) < 4.78 is 56.7. The van der Waals surface area contributed by atoms with Crippen LogP contribution in [0.1, 0.15) is 23.7 Å². The normalized spacial score (nSPS) is 22.6. The molecular weight excluding hydrogens is 380 g/mol. The van der Waals surface area contributed by atoms with Crippen LogP contribution in [-0.4, -0.2) is 41.5 Å². The second-order valence-corrected chi connectivity index (χ2v) is 8.16. The zero-order valence-electron chi connectivity index (χ0n) is 14.9. The van der Waals surface area contributed by atoms with Crippen molar-refractivity contribution in [3.05, 3.63) is 47.3 Å². The first kappa shape index (κ1) is 19.4. The smallest absolute Gasteiger partial charge is 0.280 e. The molecule has 11 heteroatoms. The van der Waals surface area contributed by atoms with Gasteiger partial charge in [-0.1, -0.05) is 0 Å². The van der Waals surface area contributed by atoms with Gasteiger partial charge in [-0.05, 0) is 25.5 Å². The lowest BCUT2D eigenvalue weighted by Crippen LogP contribution is -2.56. The maximum absolute atomic E-state index is 13.8. The van der Waals surface area contributed by atoms with E-state index in [-0.39, 0.29) is 12.1 Å². The van der Waals surface area contributed by atoms with Gasteiger partial charge in [0.25, 0.3) is 10.2 Å². The number of nitrogens with zero attached hydrogens (tertiary/aromatic N) is 3. The van der Waals surface area contributed by atoms with E-state index in [9.17, 15) is 22.0 Å². The first-order valence-electron chi connectivity index (χ1n) is 8.10. The Labute approximate surface area is 155 Å². The van der Waals surface area contributed by atoms with Gasteiger partial charge in [0.1, 0.15) is 17.7 Å². The van der Waals surface area contributed by atoms with E-state index in [2.05, 4.69) is 15.1 Å². The van der Waals surface area contributed by atoms with Crippen LogP contribution in [0.4, 0.5) is 14.5 Å². The topological polar surface area (TPSA) is 96.3 Å². The Hall–Kier alpha value is -2.37. The number of carbonyl (C=O) groups is 1. The molecule has 2 N–H and O–H groups in total. The number of aromatic nitrogens is 2. The molecule has 0 saturated carbocycles. The molecule has 0 radical (unpaired) electrons. The van der Waals surface area contributed by atoms with Crippen molar-refractivity contribution in [2.24, 2.45) is 7.05 Å². The van der Waals surface area contributed by atoms with E-state index in [0.29, 0.717) is 17.3 Å². The summed E-state index contributed by atoms with van der Waals surface area (Å²) in [5.41, 5.74) is 1.07. The molecule has 1 aliphatic rings. The van der Waals surface area contributed by atoms with Crippen molar-refractivity contribution in [3.63, 3.8) is 0 Å². The van der Waals surface area contributed by atoms with Crippen molar-refractivity contribution in [2.75, 3.05) is 12.4 Å². The Bertz CT molecular complexity index is 992. The van der Waals surface area contributed by atoms with Crippen LogP contribution < -0.4 is 10.0 Å². The molecule has 2 atom stereocenters. The second kappa shape index (κ2) is 6.98. The van der Waals surface area contributed by atoms with Gasteiger partial charge in [-0.3, -0.25) is 9.48 Å². The maximum atomic E-state index is 13.8. The summed E-state index contributed by atoms with van der Waals surface area (Å²) in [6.07, 6.45) is 1.80. The molecule has 3 rings (SSSR count). The van der Waals surface area contributed by atoms with Crippen LogP contribution in [0.15, 0.2) is 24.4 Å². The number of aryl methyl sites for hydroxylation is 2. The number of hydrogen-bond donors (Lipinski definition) is 2. The van der Waals surface area contributed by atoms with Gasteiger partial charge in [0.15, 0.2) is 0 Å². The van der Waals surface area contributed by atoms with Crippen LogP contribution in [-0.2, 0) is 22.1 Å². The van der Waals surface area contributed by atoms with Crippen LogP contribution in [0.25, 0.3) is 0 Å². The fourth-order valence-corrected chi connectivity index (χ4v) is 4.35. The first-order valence-corrected chi connectivity index (χ1v) is 9.54. The summed E-state index contributed by atoms with van der Waals surface area (Å²) in [7, 11) is -0.964. The fraction of sp³-hybridized carbons (Fsp3) is 0.375. The van der Waals surface area contributed by atoms with Crippen LogP contribution in [0.3, 0.4) is 0 Å². The minimum absolute atomic E-state index is 0.122. The summed E-state index contributed by atoms with van der Waals surface area (Å²) in [6, 6.07) is 0.990. The van der Waals surface area contributed by atoms with Crippen molar-refractivity contribution in [1.82, 2.24) is 18.8 Å². The minimum Gasteiger partial charge on any atom is -0.322 e. The van der Waals surface area contributed by atoms with Gasteiger partial charge >= 0.3 is 0 Å². The Morgan fingerprint density at radius 1 is 1.33 bits per heavy atom. The molecule has 146 valence electrons. The zero-order chi connectivity index (χ0) is 19.9. The number of halogens is 2. The first-order chi connectivity index (χ1) is 12.6. The lowest BCUT2D eigenvalue weighted by Gasteiger charge is -2.36. The predicted octanol–water partition coefficient (Wildman–Crippen LogP) is 1.23. The zero-order valence-corrected chi connectivity index (χ0v) is 15.7. The van der Waals surface area contributed by atoms with Crippen LogP contribution in [0.5, 0.6) is 0 Å². The Morgan fingerprint density at radius 3 is 2.63 bits per heavy atom. The number of carbonyl (C=O) groups excluding carboxylic acids is 1. The molecule has 0 spiro atoms. The van der Waals surface area contributed by atoms with Gasteiger partial charge in [-0.2, -0.15) is 22.5 Å². The molecule has 0 aliphatic carbocycles. The Morgan fingerprint density at radius 2 is 2.04 bits per heavy atom. The van der Waals surface area contributed by atoms with E-state index in [1.54, 1.807) is 24.9 Å². The lowest BCUT2D eigenvalue weighted by molar-refractivity contribution is -0.120. The van der Waals surface area contributed by atoms with Gasteiger partial charge in [-0.25, -0.2) is 8.78 Å². The molecule has 1 amide bonds. The highest BCUT2D eigenvalue weighted by atomic mass is 32.2. The molecule has 0 bridgehead atoms. The van der Waals surface area contributed by atoms with Crippen LogP contribution >= 0.6 is 0 Å². The summed E-state index contributed by atoms with van der Waals surface area (Å²) >= 11 is 0.